The maximum absolute atomic E-state index is 4.15. The van der Waals surface area contributed by atoms with Gasteiger partial charge >= 0.3 is 0 Å². The number of rotatable bonds is 5. The molecular formula is C13H20N2. The zero-order valence-corrected chi connectivity index (χ0v) is 9.61. The van der Waals surface area contributed by atoms with Crippen molar-refractivity contribution in [2.45, 2.75) is 45.2 Å². The summed E-state index contributed by atoms with van der Waals surface area (Å²) < 4.78 is 0. The van der Waals surface area contributed by atoms with Gasteiger partial charge in [0.05, 0.1) is 0 Å². The smallest absolute Gasteiger partial charge is 0.0315 e. The number of nitrogens with one attached hydrogen (secondary N) is 1. The third kappa shape index (κ3) is 3.31. The van der Waals surface area contributed by atoms with Gasteiger partial charge in [-0.3, -0.25) is 4.98 Å². The third-order valence-electron chi connectivity index (χ3n) is 3.10. The molecule has 1 fully saturated rings. The zero-order chi connectivity index (χ0) is 10.7. The van der Waals surface area contributed by atoms with E-state index in [2.05, 4.69) is 30.2 Å². The second-order valence-corrected chi connectivity index (χ2v) is 4.75. The fraction of sp³-hybridized carbons (Fsp3) is 0.615. The van der Waals surface area contributed by atoms with Gasteiger partial charge < -0.3 is 5.32 Å². The number of hydrogen-bond donors (Lipinski definition) is 1. The normalized spacial score (nSPS) is 19.9. The van der Waals surface area contributed by atoms with Crippen LogP contribution in [0, 0.1) is 5.92 Å². The SMILES string of the molecule is CC(CC1CC1)NC(C)c1cccnc1. The van der Waals surface area contributed by atoms with E-state index in [0.29, 0.717) is 12.1 Å². The van der Waals surface area contributed by atoms with Crippen LogP contribution in [0.3, 0.4) is 0 Å². The molecular weight excluding hydrogens is 184 g/mol. The molecule has 15 heavy (non-hydrogen) atoms. The molecule has 1 heterocycles. The van der Waals surface area contributed by atoms with Crippen molar-refractivity contribution in [1.82, 2.24) is 10.3 Å². The molecule has 0 amide bonds. The van der Waals surface area contributed by atoms with E-state index in [9.17, 15) is 0 Å². The van der Waals surface area contributed by atoms with Crippen LogP contribution in [0.2, 0.25) is 0 Å². The highest BCUT2D eigenvalue weighted by molar-refractivity contribution is 5.12. The Hall–Kier alpha value is -0.890. The predicted octanol–water partition coefficient (Wildman–Crippen LogP) is 2.92. The lowest BCUT2D eigenvalue weighted by atomic mass is 10.1. The summed E-state index contributed by atoms with van der Waals surface area (Å²) in [4.78, 5) is 4.15. The lowest BCUT2D eigenvalue weighted by Gasteiger charge is -2.19. The number of pyridine rings is 1. The standard InChI is InChI=1S/C13H20N2/c1-10(8-12-5-6-12)15-11(2)13-4-3-7-14-9-13/h3-4,7,9-12,15H,5-6,8H2,1-2H3. The highest BCUT2D eigenvalue weighted by Gasteiger charge is 2.24. The van der Waals surface area contributed by atoms with Gasteiger partial charge in [0.15, 0.2) is 0 Å². The lowest BCUT2D eigenvalue weighted by molar-refractivity contribution is 0.438. The third-order valence-corrected chi connectivity index (χ3v) is 3.10. The molecule has 0 bridgehead atoms. The molecule has 0 aromatic carbocycles. The van der Waals surface area contributed by atoms with Crippen LogP contribution in [0.25, 0.3) is 0 Å². The van der Waals surface area contributed by atoms with Crippen LogP contribution in [-0.4, -0.2) is 11.0 Å². The maximum atomic E-state index is 4.15. The van der Waals surface area contributed by atoms with Crippen LogP contribution in [0.1, 0.15) is 44.7 Å². The van der Waals surface area contributed by atoms with Crippen molar-refractivity contribution in [2.75, 3.05) is 0 Å². The van der Waals surface area contributed by atoms with Gasteiger partial charge in [0.2, 0.25) is 0 Å². The van der Waals surface area contributed by atoms with Crippen LogP contribution in [0.5, 0.6) is 0 Å². The van der Waals surface area contributed by atoms with Crippen LogP contribution < -0.4 is 5.32 Å². The quantitative estimate of drug-likeness (QED) is 0.797. The first-order valence-electron chi connectivity index (χ1n) is 5.91. The summed E-state index contributed by atoms with van der Waals surface area (Å²) in [7, 11) is 0. The largest absolute Gasteiger partial charge is 0.308 e. The fourth-order valence-corrected chi connectivity index (χ4v) is 2.08. The van der Waals surface area contributed by atoms with Gasteiger partial charge in [-0.1, -0.05) is 18.9 Å². The van der Waals surface area contributed by atoms with Gasteiger partial charge in [-0.05, 0) is 37.8 Å². The van der Waals surface area contributed by atoms with Crippen molar-refractivity contribution < 1.29 is 0 Å². The molecule has 2 rings (SSSR count). The molecule has 1 N–H and O–H groups in total. The summed E-state index contributed by atoms with van der Waals surface area (Å²) in [6.45, 7) is 4.49. The molecule has 1 aliphatic carbocycles. The molecule has 1 saturated carbocycles. The molecule has 2 unspecified atom stereocenters. The highest BCUT2D eigenvalue weighted by Crippen LogP contribution is 2.33. The van der Waals surface area contributed by atoms with E-state index in [0.717, 1.165) is 5.92 Å². The van der Waals surface area contributed by atoms with E-state index in [1.807, 2.05) is 18.5 Å². The minimum atomic E-state index is 0.410. The van der Waals surface area contributed by atoms with Crippen molar-refractivity contribution >= 4 is 0 Å². The van der Waals surface area contributed by atoms with Gasteiger partial charge in [0, 0.05) is 24.5 Å². The Morgan fingerprint density at radius 2 is 2.27 bits per heavy atom. The second kappa shape index (κ2) is 4.75. The fourth-order valence-electron chi connectivity index (χ4n) is 2.08. The van der Waals surface area contributed by atoms with E-state index in [-0.39, 0.29) is 0 Å². The Labute approximate surface area is 92.1 Å². The molecule has 1 aliphatic rings. The minimum absolute atomic E-state index is 0.410. The number of hydrogen-bond acceptors (Lipinski definition) is 2. The van der Waals surface area contributed by atoms with E-state index in [1.165, 1.54) is 24.8 Å². The minimum Gasteiger partial charge on any atom is -0.308 e. The molecule has 82 valence electrons. The van der Waals surface area contributed by atoms with Gasteiger partial charge in [-0.25, -0.2) is 0 Å². The summed E-state index contributed by atoms with van der Waals surface area (Å²) in [5, 5.41) is 3.63. The van der Waals surface area contributed by atoms with E-state index >= 15 is 0 Å². The Kier molecular flexibility index (Phi) is 3.37. The summed E-state index contributed by atoms with van der Waals surface area (Å²) in [5.41, 5.74) is 1.28. The predicted molar refractivity (Wildman–Crippen MR) is 62.6 cm³/mol. The molecule has 2 atom stereocenters. The average molecular weight is 204 g/mol. The first-order chi connectivity index (χ1) is 7.25. The van der Waals surface area contributed by atoms with E-state index in [1.54, 1.807) is 0 Å². The monoisotopic (exact) mass is 204 g/mol. The van der Waals surface area contributed by atoms with Crippen LogP contribution >= 0.6 is 0 Å². The highest BCUT2D eigenvalue weighted by atomic mass is 14.9. The van der Waals surface area contributed by atoms with Gasteiger partial charge in [0.25, 0.3) is 0 Å². The van der Waals surface area contributed by atoms with Crippen LogP contribution in [-0.2, 0) is 0 Å². The summed E-state index contributed by atoms with van der Waals surface area (Å²) in [5.74, 6) is 0.994. The molecule has 1 aromatic heterocycles. The molecule has 2 nitrogen and oxygen atoms in total. The molecule has 0 spiro atoms. The first-order valence-corrected chi connectivity index (χ1v) is 5.91. The first kappa shape index (κ1) is 10.6. The van der Waals surface area contributed by atoms with Crippen LogP contribution in [0.15, 0.2) is 24.5 Å². The zero-order valence-electron chi connectivity index (χ0n) is 9.61. The summed E-state index contributed by atoms with van der Waals surface area (Å²) in [6, 6.07) is 5.16. The van der Waals surface area contributed by atoms with Gasteiger partial charge in [0.1, 0.15) is 0 Å². The summed E-state index contributed by atoms with van der Waals surface area (Å²) >= 11 is 0. The molecule has 0 radical (unpaired) electrons. The molecule has 1 aromatic rings. The number of aromatic nitrogens is 1. The maximum Gasteiger partial charge on any atom is 0.0315 e. The lowest BCUT2D eigenvalue weighted by Crippen LogP contribution is -2.29. The topological polar surface area (TPSA) is 24.9 Å². The van der Waals surface area contributed by atoms with Crippen molar-refractivity contribution in [2.24, 2.45) is 5.92 Å². The van der Waals surface area contributed by atoms with Crippen molar-refractivity contribution in [3.05, 3.63) is 30.1 Å². The van der Waals surface area contributed by atoms with Crippen molar-refractivity contribution in [3.63, 3.8) is 0 Å². The van der Waals surface area contributed by atoms with E-state index in [4.69, 9.17) is 0 Å². The van der Waals surface area contributed by atoms with Gasteiger partial charge in [-0.15, -0.1) is 0 Å². The Balaban J connectivity index is 1.82. The van der Waals surface area contributed by atoms with E-state index < -0.39 is 0 Å². The second-order valence-electron chi connectivity index (χ2n) is 4.75. The Bertz CT molecular complexity index is 293. The molecule has 0 saturated heterocycles. The average Bonchev–Trinajstić information content (AvgIpc) is 3.03. The van der Waals surface area contributed by atoms with Gasteiger partial charge in [-0.2, -0.15) is 0 Å². The summed E-state index contributed by atoms with van der Waals surface area (Å²) in [6.07, 6.45) is 7.97. The number of nitrogens with zero attached hydrogens (tertiary/aromatic N) is 1. The Morgan fingerprint density at radius 1 is 1.47 bits per heavy atom. The van der Waals surface area contributed by atoms with Crippen molar-refractivity contribution in [1.29, 1.82) is 0 Å². The van der Waals surface area contributed by atoms with Crippen LogP contribution in [0.4, 0.5) is 0 Å². The molecule has 0 aliphatic heterocycles. The Morgan fingerprint density at radius 3 is 2.87 bits per heavy atom. The van der Waals surface area contributed by atoms with Crippen molar-refractivity contribution in [3.8, 4) is 0 Å². The molecule has 2 heteroatoms.